The highest BCUT2D eigenvalue weighted by molar-refractivity contribution is 4.98. The number of hydrogen-bond acceptors (Lipinski definition) is 2. The highest BCUT2D eigenvalue weighted by Gasteiger charge is 2.45. The van der Waals surface area contributed by atoms with E-state index in [2.05, 4.69) is 31.4 Å². The maximum absolute atomic E-state index is 3.80. The topological polar surface area (TPSA) is 24.1 Å². The standard InChI is InChI=1S/C15H30N2/c1-4-14(7-9-16-10-8-14)11-17-12-15(5-6-15)13(2)3/h13,16-17H,4-12H2,1-3H3. The first kappa shape index (κ1) is 13.4. The van der Waals surface area contributed by atoms with Gasteiger partial charge < -0.3 is 10.6 Å². The lowest BCUT2D eigenvalue weighted by Gasteiger charge is -2.38. The van der Waals surface area contributed by atoms with Crippen molar-refractivity contribution in [2.24, 2.45) is 16.7 Å². The zero-order chi connectivity index (χ0) is 12.4. The molecule has 2 fully saturated rings. The van der Waals surface area contributed by atoms with Crippen molar-refractivity contribution in [1.82, 2.24) is 10.6 Å². The molecule has 2 nitrogen and oxygen atoms in total. The molecule has 2 aliphatic rings. The third-order valence-corrected chi connectivity index (χ3v) is 5.51. The zero-order valence-electron chi connectivity index (χ0n) is 11.9. The summed E-state index contributed by atoms with van der Waals surface area (Å²) >= 11 is 0. The molecule has 2 heteroatoms. The van der Waals surface area contributed by atoms with Gasteiger partial charge in [-0.15, -0.1) is 0 Å². The van der Waals surface area contributed by atoms with Crippen LogP contribution in [0.1, 0.15) is 52.9 Å². The third-order valence-electron chi connectivity index (χ3n) is 5.51. The predicted molar refractivity (Wildman–Crippen MR) is 74.2 cm³/mol. The van der Waals surface area contributed by atoms with Gasteiger partial charge in [-0.25, -0.2) is 0 Å². The van der Waals surface area contributed by atoms with Gasteiger partial charge in [-0.05, 0) is 61.9 Å². The Morgan fingerprint density at radius 2 is 1.71 bits per heavy atom. The molecule has 1 saturated carbocycles. The summed E-state index contributed by atoms with van der Waals surface area (Å²) in [6, 6.07) is 0. The summed E-state index contributed by atoms with van der Waals surface area (Å²) in [6.45, 7) is 12.0. The van der Waals surface area contributed by atoms with E-state index in [1.807, 2.05) is 0 Å². The van der Waals surface area contributed by atoms with Crippen LogP contribution in [-0.2, 0) is 0 Å². The first-order chi connectivity index (χ1) is 8.13. The number of hydrogen-bond donors (Lipinski definition) is 2. The second-order valence-electron chi connectivity index (χ2n) is 6.72. The molecule has 17 heavy (non-hydrogen) atoms. The molecule has 0 bridgehead atoms. The number of nitrogens with one attached hydrogen (secondary N) is 2. The molecular weight excluding hydrogens is 208 g/mol. The normalized spacial score (nSPS) is 26.1. The van der Waals surface area contributed by atoms with Crippen LogP contribution < -0.4 is 10.6 Å². The molecule has 1 aliphatic carbocycles. The molecule has 2 N–H and O–H groups in total. The van der Waals surface area contributed by atoms with Crippen molar-refractivity contribution in [3.05, 3.63) is 0 Å². The van der Waals surface area contributed by atoms with Crippen LogP contribution in [0.2, 0.25) is 0 Å². The van der Waals surface area contributed by atoms with Crippen molar-refractivity contribution in [3.63, 3.8) is 0 Å². The summed E-state index contributed by atoms with van der Waals surface area (Å²) < 4.78 is 0. The fourth-order valence-corrected chi connectivity index (χ4v) is 3.31. The van der Waals surface area contributed by atoms with E-state index in [-0.39, 0.29) is 0 Å². The van der Waals surface area contributed by atoms with Gasteiger partial charge in [0.05, 0.1) is 0 Å². The van der Waals surface area contributed by atoms with Crippen LogP contribution in [0.15, 0.2) is 0 Å². The SMILES string of the molecule is CCC1(CNCC2(C(C)C)CC2)CCNCC1. The first-order valence-corrected chi connectivity index (χ1v) is 7.54. The lowest BCUT2D eigenvalue weighted by molar-refractivity contribution is 0.178. The summed E-state index contributed by atoms with van der Waals surface area (Å²) in [5.41, 5.74) is 1.24. The Kier molecular flexibility index (Phi) is 4.14. The Bertz CT molecular complexity index is 237. The smallest absolute Gasteiger partial charge is 0.00105 e. The minimum Gasteiger partial charge on any atom is -0.317 e. The third kappa shape index (κ3) is 3.03. The van der Waals surface area contributed by atoms with E-state index in [0.717, 1.165) is 5.92 Å². The van der Waals surface area contributed by atoms with Crippen molar-refractivity contribution in [2.45, 2.75) is 52.9 Å². The largest absolute Gasteiger partial charge is 0.317 e. The van der Waals surface area contributed by atoms with E-state index in [9.17, 15) is 0 Å². The molecule has 1 saturated heterocycles. The second kappa shape index (κ2) is 5.27. The minimum absolute atomic E-state index is 0.582. The Morgan fingerprint density at radius 3 is 2.18 bits per heavy atom. The molecule has 0 unspecified atom stereocenters. The molecule has 0 aromatic rings. The van der Waals surface area contributed by atoms with Crippen LogP contribution in [0.3, 0.4) is 0 Å². The van der Waals surface area contributed by atoms with Crippen LogP contribution in [0.4, 0.5) is 0 Å². The predicted octanol–water partition coefficient (Wildman–Crippen LogP) is 2.79. The van der Waals surface area contributed by atoms with Gasteiger partial charge >= 0.3 is 0 Å². The molecule has 2 rings (SSSR count). The van der Waals surface area contributed by atoms with Crippen LogP contribution in [-0.4, -0.2) is 26.2 Å². The summed E-state index contributed by atoms with van der Waals surface area (Å²) in [5, 5.41) is 7.29. The van der Waals surface area contributed by atoms with Gasteiger partial charge in [0.15, 0.2) is 0 Å². The second-order valence-corrected chi connectivity index (χ2v) is 6.72. The van der Waals surface area contributed by atoms with Crippen LogP contribution >= 0.6 is 0 Å². The maximum Gasteiger partial charge on any atom is 0.00105 e. The quantitative estimate of drug-likeness (QED) is 0.743. The van der Waals surface area contributed by atoms with E-state index in [1.165, 1.54) is 58.3 Å². The van der Waals surface area contributed by atoms with Crippen molar-refractivity contribution in [2.75, 3.05) is 26.2 Å². The van der Waals surface area contributed by atoms with Gasteiger partial charge in [-0.1, -0.05) is 20.8 Å². The monoisotopic (exact) mass is 238 g/mol. The highest BCUT2D eigenvalue weighted by atomic mass is 14.9. The lowest BCUT2D eigenvalue weighted by atomic mass is 9.76. The summed E-state index contributed by atoms with van der Waals surface area (Å²) in [4.78, 5) is 0. The summed E-state index contributed by atoms with van der Waals surface area (Å²) in [5.74, 6) is 0.848. The van der Waals surface area contributed by atoms with Crippen molar-refractivity contribution in [3.8, 4) is 0 Å². The fourth-order valence-electron chi connectivity index (χ4n) is 3.31. The zero-order valence-corrected chi connectivity index (χ0v) is 11.9. The van der Waals surface area contributed by atoms with Gasteiger partial charge in [0, 0.05) is 13.1 Å². The van der Waals surface area contributed by atoms with Crippen LogP contribution in [0, 0.1) is 16.7 Å². The molecule has 0 aromatic carbocycles. The van der Waals surface area contributed by atoms with Crippen molar-refractivity contribution < 1.29 is 0 Å². The molecule has 0 spiro atoms. The van der Waals surface area contributed by atoms with Gasteiger partial charge in [0.25, 0.3) is 0 Å². The summed E-state index contributed by atoms with van der Waals surface area (Å²) in [7, 11) is 0. The van der Waals surface area contributed by atoms with Gasteiger partial charge in [-0.3, -0.25) is 0 Å². The van der Waals surface area contributed by atoms with E-state index in [1.54, 1.807) is 0 Å². The van der Waals surface area contributed by atoms with Crippen LogP contribution in [0.25, 0.3) is 0 Å². The minimum atomic E-state index is 0.582. The van der Waals surface area contributed by atoms with E-state index < -0.39 is 0 Å². The molecule has 0 radical (unpaired) electrons. The van der Waals surface area contributed by atoms with E-state index >= 15 is 0 Å². The average Bonchev–Trinajstić information content (AvgIpc) is 3.11. The van der Waals surface area contributed by atoms with Gasteiger partial charge in [-0.2, -0.15) is 0 Å². The Labute approximate surface area is 107 Å². The fraction of sp³-hybridized carbons (Fsp3) is 1.00. The average molecular weight is 238 g/mol. The Hall–Kier alpha value is -0.0800. The molecule has 0 aromatic heterocycles. The molecule has 0 atom stereocenters. The van der Waals surface area contributed by atoms with E-state index in [4.69, 9.17) is 0 Å². The lowest BCUT2D eigenvalue weighted by Crippen LogP contribution is -2.44. The summed E-state index contributed by atoms with van der Waals surface area (Å²) in [6.07, 6.45) is 6.92. The molecule has 1 aliphatic heterocycles. The van der Waals surface area contributed by atoms with Crippen molar-refractivity contribution >= 4 is 0 Å². The molecule has 1 heterocycles. The Balaban J connectivity index is 1.76. The number of rotatable bonds is 6. The maximum atomic E-state index is 3.80. The van der Waals surface area contributed by atoms with Crippen LogP contribution in [0.5, 0.6) is 0 Å². The van der Waals surface area contributed by atoms with Gasteiger partial charge in [0.2, 0.25) is 0 Å². The first-order valence-electron chi connectivity index (χ1n) is 7.54. The highest BCUT2D eigenvalue weighted by Crippen LogP contribution is 2.51. The molecular formula is C15H30N2. The van der Waals surface area contributed by atoms with E-state index in [0.29, 0.717) is 10.8 Å². The van der Waals surface area contributed by atoms with Crippen molar-refractivity contribution in [1.29, 1.82) is 0 Å². The van der Waals surface area contributed by atoms with Gasteiger partial charge in [0.1, 0.15) is 0 Å². The Morgan fingerprint density at radius 1 is 1.06 bits per heavy atom. The molecule has 100 valence electrons. The number of piperidine rings is 1. The molecule has 0 amide bonds.